The number of amidine groups is 1. The third-order valence-corrected chi connectivity index (χ3v) is 3.09. The van der Waals surface area contributed by atoms with Gasteiger partial charge in [-0.3, -0.25) is 0 Å². The van der Waals surface area contributed by atoms with Crippen molar-refractivity contribution in [1.82, 2.24) is 9.97 Å². The molecule has 1 aromatic rings. The molecule has 0 spiro atoms. The largest absolute Gasteiger partial charge is 0.409 e. The zero-order valence-electron chi connectivity index (χ0n) is 11.2. The van der Waals surface area contributed by atoms with E-state index in [2.05, 4.69) is 26.9 Å². The summed E-state index contributed by atoms with van der Waals surface area (Å²) in [5.74, 6) is 0.593. The fraction of sp³-hybridized carbons (Fsp3) is 0.583. The lowest BCUT2D eigenvalue weighted by Crippen LogP contribution is -2.43. The summed E-state index contributed by atoms with van der Waals surface area (Å²) in [5, 5.41) is 11.7. The van der Waals surface area contributed by atoms with Gasteiger partial charge in [0.1, 0.15) is 5.69 Å². The van der Waals surface area contributed by atoms with E-state index in [4.69, 9.17) is 15.7 Å². The van der Waals surface area contributed by atoms with Gasteiger partial charge in [0.25, 0.3) is 0 Å². The Morgan fingerprint density at radius 2 is 2.42 bits per heavy atom. The molecule has 0 bridgehead atoms. The molecule has 1 atom stereocenters. The second-order valence-corrected chi connectivity index (χ2v) is 4.53. The first kappa shape index (κ1) is 13.5. The van der Waals surface area contributed by atoms with Gasteiger partial charge in [0, 0.05) is 18.8 Å². The standard InChI is InChI=1S/C12H19N5O2/c1-3-9-7-17(4-5-19-9)12-14-8(2)6-10(15-12)11(13)16-18/h6,9,18H,3-5,7H2,1-2H3,(H2,13,16). The average molecular weight is 265 g/mol. The van der Waals surface area contributed by atoms with Gasteiger partial charge in [0.2, 0.25) is 5.95 Å². The SMILES string of the molecule is CCC1CN(c2nc(C)cc(/C(N)=N/O)n2)CCO1. The van der Waals surface area contributed by atoms with Gasteiger partial charge in [0.05, 0.1) is 12.7 Å². The second-order valence-electron chi connectivity index (χ2n) is 4.53. The molecule has 1 aliphatic rings. The smallest absolute Gasteiger partial charge is 0.226 e. The topological polar surface area (TPSA) is 96.9 Å². The van der Waals surface area contributed by atoms with Crippen LogP contribution >= 0.6 is 0 Å². The minimum absolute atomic E-state index is 0.00736. The van der Waals surface area contributed by atoms with Crippen molar-refractivity contribution < 1.29 is 9.94 Å². The van der Waals surface area contributed by atoms with E-state index in [1.165, 1.54) is 0 Å². The van der Waals surface area contributed by atoms with Crippen molar-refractivity contribution >= 4 is 11.8 Å². The van der Waals surface area contributed by atoms with E-state index >= 15 is 0 Å². The summed E-state index contributed by atoms with van der Waals surface area (Å²) in [4.78, 5) is 10.8. The highest BCUT2D eigenvalue weighted by Crippen LogP contribution is 2.16. The number of oxime groups is 1. The van der Waals surface area contributed by atoms with Crippen molar-refractivity contribution in [3.05, 3.63) is 17.5 Å². The number of ether oxygens (including phenoxy) is 1. The number of nitrogens with two attached hydrogens (primary N) is 1. The molecule has 1 aliphatic heterocycles. The predicted molar refractivity (Wildman–Crippen MR) is 71.5 cm³/mol. The van der Waals surface area contributed by atoms with Crippen LogP contribution in [0.2, 0.25) is 0 Å². The third kappa shape index (κ3) is 3.11. The highest BCUT2D eigenvalue weighted by molar-refractivity contribution is 5.95. The lowest BCUT2D eigenvalue weighted by molar-refractivity contribution is 0.0378. The van der Waals surface area contributed by atoms with Gasteiger partial charge in [-0.05, 0) is 19.4 Å². The summed E-state index contributed by atoms with van der Waals surface area (Å²) in [5.41, 5.74) is 6.80. The molecule has 0 saturated carbocycles. The lowest BCUT2D eigenvalue weighted by Gasteiger charge is -2.32. The summed E-state index contributed by atoms with van der Waals surface area (Å²) in [6.45, 7) is 6.12. The van der Waals surface area contributed by atoms with E-state index in [1.54, 1.807) is 6.07 Å². The molecular formula is C12H19N5O2. The van der Waals surface area contributed by atoms with E-state index < -0.39 is 0 Å². The van der Waals surface area contributed by atoms with Gasteiger partial charge in [0.15, 0.2) is 5.84 Å². The summed E-state index contributed by atoms with van der Waals surface area (Å²) >= 11 is 0. The van der Waals surface area contributed by atoms with Crippen LogP contribution in [0.1, 0.15) is 24.7 Å². The van der Waals surface area contributed by atoms with Crippen molar-refractivity contribution in [3.8, 4) is 0 Å². The van der Waals surface area contributed by atoms with Crippen molar-refractivity contribution in [2.45, 2.75) is 26.4 Å². The van der Waals surface area contributed by atoms with Crippen LogP contribution in [0.15, 0.2) is 11.2 Å². The van der Waals surface area contributed by atoms with Crippen LogP contribution in [0, 0.1) is 6.92 Å². The van der Waals surface area contributed by atoms with Gasteiger partial charge < -0.3 is 20.6 Å². The van der Waals surface area contributed by atoms with Crippen LogP contribution < -0.4 is 10.6 Å². The van der Waals surface area contributed by atoms with Crippen LogP contribution in [0.3, 0.4) is 0 Å². The molecule has 2 rings (SSSR count). The predicted octanol–water partition coefficient (Wildman–Crippen LogP) is 0.495. The summed E-state index contributed by atoms with van der Waals surface area (Å²) in [6, 6.07) is 1.69. The Balaban J connectivity index is 2.26. The highest BCUT2D eigenvalue weighted by Gasteiger charge is 2.21. The molecule has 7 nitrogen and oxygen atoms in total. The van der Waals surface area contributed by atoms with E-state index in [0.717, 1.165) is 25.2 Å². The summed E-state index contributed by atoms with van der Waals surface area (Å²) in [7, 11) is 0. The van der Waals surface area contributed by atoms with Crippen molar-refractivity contribution in [3.63, 3.8) is 0 Å². The molecule has 0 aromatic carbocycles. The molecule has 2 heterocycles. The van der Waals surface area contributed by atoms with Crippen molar-refractivity contribution in [2.75, 3.05) is 24.6 Å². The maximum atomic E-state index is 8.73. The van der Waals surface area contributed by atoms with Gasteiger partial charge >= 0.3 is 0 Å². The molecule has 0 amide bonds. The van der Waals surface area contributed by atoms with Crippen molar-refractivity contribution in [2.24, 2.45) is 10.9 Å². The van der Waals surface area contributed by atoms with Crippen LogP contribution in [-0.4, -0.2) is 46.8 Å². The minimum atomic E-state index is -0.00736. The Labute approximate surface area is 112 Å². The number of aromatic nitrogens is 2. The van der Waals surface area contributed by atoms with E-state index in [0.29, 0.717) is 18.2 Å². The molecule has 19 heavy (non-hydrogen) atoms. The first-order chi connectivity index (χ1) is 9.13. The number of hydrogen-bond donors (Lipinski definition) is 2. The fourth-order valence-electron chi connectivity index (χ4n) is 2.02. The van der Waals surface area contributed by atoms with Gasteiger partial charge in [-0.25, -0.2) is 9.97 Å². The molecule has 1 unspecified atom stereocenters. The number of aryl methyl sites for hydroxylation is 1. The zero-order chi connectivity index (χ0) is 13.8. The Bertz CT molecular complexity index is 477. The number of nitrogens with zero attached hydrogens (tertiary/aromatic N) is 4. The first-order valence-corrected chi connectivity index (χ1v) is 6.34. The zero-order valence-corrected chi connectivity index (χ0v) is 11.2. The molecule has 104 valence electrons. The van der Waals surface area contributed by atoms with Crippen LogP contribution in [0.5, 0.6) is 0 Å². The quantitative estimate of drug-likeness (QED) is 0.357. The fourth-order valence-corrected chi connectivity index (χ4v) is 2.02. The Kier molecular flexibility index (Phi) is 4.16. The number of morpholine rings is 1. The highest BCUT2D eigenvalue weighted by atomic mass is 16.5. The van der Waals surface area contributed by atoms with E-state index in [1.807, 2.05) is 6.92 Å². The van der Waals surface area contributed by atoms with Gasteiger partial charge in [-0.2, -0.15) is 0 Å². The van der Waals surface area contributed by atoms with Gasteiger partial charge in [-0.15, -0.1) is 0 Å². The van der Waals surface area contributed by atoms with Crippen LogP contribution in [0.4, 0.5) is 5.95 Å². The number of anilines is 1. The second kappa shape index (κ2) is 5.83. The average Bonchev–Trinajstić information content (AvgIpc) is 2.45. The molecule has 1 saturated heterocycles. The monoisotopic (exact) mass is 265 g/mol. The van der Waals surface area contributed by atoms with Crippen LogP contribution in [-0.2, 0) is 4.74 Å². The Morgan fingerprint density at radius 3 is 3.11 bits per heavy atom. The molecule has 3 N–H and O–H groups in total. The molecule has 7 heteroatoms. The van der Waals surface area contributed by atoms with Gasteiger partial charge in [-0.1, -0.05) is 12.1 Å². The molecule has 1 aromatic heterocycles. The molecule has 0 aliphatic carbocycles. The first-order valence-electron chi connectivity index (χ1n) is 6.34. The minimum Gasteiger partial charge on any atom is -0.409 e. The molecule has 0 radical (unpaired) electrons. The maximum Gasteiger partial charge on any atom is 0.226 e. The Morgan fingerprint density at radius 1 is 1.63 bits per heavy atom. The number of hydrogen-bond acceptors (Lipinski definition) is 6. The number of rotatable bonds is 3. The van der Waals surface area contributed by atoms with Crippen LogP contribution in [0.25, 0.3) is 0 Å². The lowest BCUT2D eigenvalue weighted by atomic mass is 10.2. The van der Waals surface area contributed by atoms with E-state index in [9.17, 15) is 0 Å². The maximum absolute atomic E-state index is 8.73. The summed E-state index contributed by atoms with van der Waals surface area (Å²) in [6.07, 6.45) is 1.15. The Hall–Kier alpha value is -1.89. The normalized spacial score (nSPS) is 20.6. The molecular weight excluding hydrogens is 246 g/mol. The third-order valence-electron chi connectivity index (χ3n) is 3.09. The summed E-state index contributed by atoms with van der Waals surface area (Å²) < 4.78 is 5.62. The molecule has 1 fully saturated rings. The van der Waals surface area contributed by atoms with E-state index in [-0.39, 0.29) is 11.9 Å². The van der Waals surface area contributed by atoms with Crippen molar-refractivity contribution in [1.29, 1.82) is 0 Å².